The first-order valence-corrected chi connectivity index (χ1v) is 12.9. The van der Waals surface area contributed by atoms with E-state index >= 15 is 0 Å². The molecule has 4 rings (SSSR count). The topological polar surface area (TPSA) is 87.6 Å². The molecule has 2 heterocycles. The largest absolute Gasteiger partial charge is 0.493 e. The second-order valence-electron chi connectivity index (χ2n) is 9.50. The highest BCUT2D eigenvalue weighted by molar-refractivity contribution is 5.91. The first-order valence-electron chi connectivity index (χ1n) is 12.9. The maximum atomic E-state index is 5.60. The molecule has 0 amide bonds. The number of ether oxygens (including phenoxy) is 6. The van der Waals surface area contributed by atoms with Crippen LogP contribution in [0.4, 0.5) is 0 Å². The van der Waals surface area contributed by atoms with E-state index in [1.54, 1.807) is 42.7 Å². The summed E-state index contributed by atoms with van der Waals surface area (Å²) in [5.41, 5.74) is 3.51. The Morgan fingerprint density at radius 2 is 0.900 bits per heavy atom. The molecule has 0 bridgehead atoms. The van der Waals surface area contributed by atoms with Crippen LogP contribution in [0.5, 0.6) is 34.5 Å². The molecule has 0 N–H and O–H groups in total. The third-order valence-electron chi connectivity index (χ3n) is 6.83. The molecule has 40 heavy (non-hydrogen) atoms. The van der Waals surface area contributed by atoms with E-state index in [0.717, 1.165) is 46.3 Å². The summed E-state index contributed by atoms with van der Waals surface area (Å²) in [7, 11) is 13.8. The highest BCUT2D eigenvalue weighted by Gasteiger charge is 2.19. The molecule has 0 fully saturated rings. The Morgan fingerprint density at radius 3 is 1.23 bits per heavy atom. The molecule has 2 aromatic heterocycles. The molecule has 10 nitrogen and oxygen atoms in total. The Bertz CT molecular complexity index is 1370. The molecule has 2 aromatic carbocycles. The van der Waals surface area contributed by atoms with Crippen LogP contribution in [-0.2, 0) is 13.1 Å². The van der Waals surface area contributed by atoms with Crippen molar-refractivity contribution in [2.75, 3.05) is 69.8 Å². The third kappa shape index (κ3) is 5.93. The van der Waals surface area contributed by atoms with Crippen LogP contribution in [-0.4, -0.2) is 89.6 Å². The van der Waals surface area contributed by atoms with Gasteiger partial charge in [0, 0.05) is 49.1 Å². The van der Waals surface area contributed by atoms with Gasteiger partial charge in [0.05, 0.1) is 65.1 Å². The summed E-state index contributed by atoms with van der Waals surface area (Å²) in [4.78, 5) is 14.2. The number of benzene rings is 2. The SMILES string of the molecule is COc1cc2nc(CN(C)CCN(C)Cc3ccc4c(OC)c(OC)c(OC)cc4n3)ccc2c(OC)c1OC. The number of fused-ring (bicyclic) bond motifs is 2. The van der Waals surface area contributed by atoms with Gasteiger partial charge in [-0.2, -0.15) is 0 Å². The lowest BCUT2D eigenvalue weighted by Crippen LogP contribution is -2.30. The predicted octanol–water partition coefficient (Wildman–Crippen LogP) is 4.40. The van der Waals surface area contributed by atoms with Gasteiger partial charge < -0.3 is 28.4 Å². The lowest BCUT2D eigenvalue weighted by atomic mass is 10.1. The molecule has 0 aliphatic rings. The number of aromatic nitrogens is 2. The molecule has 0 aliphatic heterocycles. The van der Waals surface area contributed by atoms with Crippen molar-refractivity contribution in [2.24, 2.45) is 0 Å². The zero-order valence-corrected chi connectivity index (χ0v) is 24.5. The lowest BCUT2D eigenvalue weighted by molar-refractivity contribution is 0.244. The molecule has 214 valence electrons. The van der Waals surface area contributed by atoms with E-state index in [-0.39, 0.29) is 0 Å². The number of likely N-dealkylation sites (N-methyl/N-ethyl adjacent to an activating group) is 2. The van der Waals surface area contributed by atoms with Gasteiger partial charge in [0.2, 0.25) is 11.5 Å². The average molecular weight is 551 g/mol. The first-order chi connectivity index (χ1) is 19.4. The maximum absolute atomic E-state index is 5.60. The quantitative estimate of drug-likeness (QED) is 0.239. The van der Waals surface area contributed by atoms with E-state index in [4.69, 9.17) is 38.4 Å². The minimum Gasteiger partial charge on any atom is -0.493 e. The van der Waals surface area contributed by atoms with Gasteiger partial charge in [-0.3, -0.25) is 19.8 Å². The average Bonchev–Trinajstić information content (AvgIpc) is 2.97. The van der Waals surface area contributed by atoms with Gasteiger partial charge in [-0.25, -0.2) is 0 Å². The minimum absolute atomic E-state index is 0.561. The second kappa shape index (κ2) is 12.9. The highest BCUT2D eigenvalue weighted by atomic mass is 16.5. The summed E-state index contributed by atoms with van der Waals surface area (Å²) in [5.74, 6) is 3.53. The zero-order chi connectivity index (χ0) is 28.8. The van der Waals surface area contributed by atoms with Gasteiger partial charge in [-0.1, -0.05) is 0 Å². The monoisotopic (exact) mass is 550 g/mol. The van der Waals surface area contributed by atoms with Crippen LogP contribution < -0.4 is 28.4 Å². The number of pyridine rings is 2. The van der Waals surface area contributed by atoms with E-state index in [1.165, 1.54) is 0 Å². The van der Waals surface area contributed by atoms with Crippen LogP contribution in [0.3, 0.4) is 0 Å². The fraction of sp³-hybridized carbons (Fsp3) is 0.400. The first kappa shape index (κ1) is 29.0. The summed E-state index contributed by atoms with van der Waals surface area (Å²) < 4.78 is 33.2. The fourth-order valence-electron chi connectivity index (χ4n) is 4.81. The summed E-state index contributed by atoms with van der Waals surface area (Å²) in [6, 6.07) is 11.8. The van der Waals surface area contributed by atoms with E-state index < -0.39 is 0 Å². The number of rotatable bonds is 13. The smallest absolute Gasteiger partial charge is 0.204 e. The van der Waals surface area contributed by atoms with Gasteiger partial charge in [-0.05, 0) is 38.4 Å². The fourth-order valence-corrected chi connectivity index (χ4v) is 4.81. The second-order valence-corrected chi connectivity index (χ2v) is 9.50. The Morgan fingerprint density at radius 1 is 0.525 bits per heavy atom. The molecule has 0 aliphatic carbocycles. The van der Waals surface area contributed by atoms with Gasteiger partial charge >= 0.3 is 0 Å². The van der Waals surface area contributed by atoms with Crippen molar-refractivity contribution in [1.82, 2.24) is 19.8 Å². The molecule has 0 radical (unpaired) electrons. The van der Waals surface area contributed by atoms with Crippen molar-refractivity contribution in [3.63, 3.8) is 0 Å². The van der Waals surface area contributed by atoms with Crippen molar-refractivity contribution in [2.45, 2.75) is 13.1 Å². The van der Waals surface area contributed by atoms with Crippen molar-refractivity contribution >= 4 is 21.8 Å². The standard InChI is InChI=1S/C30H38N4O6/c1-33(17-19-9-11-21-23(31-19)15-25(35-3)29(39-7)27(21)37-5)13-14-34(2)18-20-10-12-22-24(32-20)16-26(36-4)30(40-8)28(22)38-6/h9-12,15-16H,13-14,17-18H2,1-8H3. The Hall–Kier alpha value is -4.02. The van der Waals surface area contributed by atoms with Crippen molar-refractivity contribution < 1.29 is 28.4 Å². The van der Waals surface area contributed by atoms with Crippen LogP contribution in [0.2, 0.25) is 0 Å². The molecule has 0 atom stereocenters. The van der Waals surface area contributed by atoms with E-state index in [1.807, 2.05) is 36.4 Å². The van der Waals surface area contributed by atoms with E-state index in [2.05, 4.69) is 23.9 Å². The Kier molecular flexibility index (Phi) is 9.34. The highest BCUT2D eigenvalue weighted by Crippen LogP contribution is 2.43. The van der Waals surface area contributed by atoms with Crippen molar-refractivity contribution in [1.29, 1.82) is 0 Å². The number of methoxy groups -OCH3 is 6. The molecular formula is C30H38N4O6. The summed E-state index contributed by atoms with van der Waals surface area (Å²) >= 11 is 0. The van der Waals surface area contributed by atoms with E-state index in [9.17, 15) is 0 Å². The zero-order valence-electron chi connectivity index (χ0n) is 24.5. The molecule has 0 spiro atoms. The Balaban J connectivity index is 1.41. The number of nitrogens with zero attached hydrogens (tertiary/aromatic N) is 4. The Labute approximate surface area is 235 Å². The van der Waals surface area contributed by atoms with Gasteiger partial charge in [0.25, 0.3) is 0 Å². The molecule has 0 saturated heterocycles. The van der Waals surface area contributed by atoms with Crippen LogP contribution in [0.15, 0.2) is 36.4 Å². The lowest BCUT2D eigenvalue weighted by Gasteiger charge is -2.22. The molecular weight excluding hydrogens is 512 g/mol. The van der Waals surface area contributed by atoms with Crippen LogP contribution in [0.1, 0.15) is 11.4 Å². The van der Waals surface area contributed by atoms with Gasteiger partial charge in [0.1, 0.15) is 0 Å². The van der Waals surface area contributed by atoms with Crippen LogP contribution >= 0.6 is 0 Å². The van der Waals surface area contributed by atoms with Gasteiger partial charge in [-0.15, -0.1) is 0 Å². The molecule has 0 unspecified atom stereocenters. The number of hydrogen-bond donors (Lipinski definition) is 0. The van der Waals surface area contributed by atoms with Crippen LogP contribution in [0.25, 0.3) is 21.8 Å². The van der Waals surface area contributed by atoms with E-state index in [0.29, 0.717) is 47.6 Å². The van der Waals surface area contributed by atoms with Crippen molar-refractivity contribution in [3.8, 4) is 34.5 Å². The normalized spacial score (nSPS) is 11.3. The summed E-state index contributed by atoms with van der Waals surface area (Å²) in [6.07, 6.45) is 0. The van der Waals surface area contributed by atoms with Gasteiger partial charge in [0.15, 0.2) is 23.0 Å². The third-order valence-corrected chi connectivity index (χ3v) is 6.83. The summed E-state index contributed by atoms with van der Waals surface area (Å²) in [6.45, 7) is 3.13. The predicted molar refractivity (Wildman–Crippen MR) is 155 cm³/mol. The van der Waals surface area contributed by atoms with Crippen LogP contribution in [0, 0.1) is 0 Å². The molecule has 10 heteroatoms. The molecule has 0 saturated carbocycles. The molecule has 4 aromatic rings. The summed E-state index contributed by atoms with van der Waals surface area (Å²) in [5, 5.41) is 1.76. The maximum Gasteiger partial charge on any atom is 0.204 e. The minimum atomic E-state index is 0.561. The van der Waals surface area contributed by atoms with Crippen molar-refractivity contribution in [3.05, 3.63) is 47.8 Å². The number of hydrogen-bond acceptors (Lipinski definition) is 10.